The van der Waals surface area contributed by atoms with Gasteiger partial charge < -0.3 is 15.0 Å². The van der Waals surface area contributed by atoms with E-state index in [9.17, 15) is 0 Å². The van der Waals surface area contributed by atoms with Crippen molar-refractivity contribution in [2.75, 3.05) is 7.11 Å². The lowest BCUT2D eigenvalue weighted by Gasteiger charge is -1.92. The number of hydrogen-bond donors (Lipinski definition) is 1. The molecule has 1 aromatic heterocycles. The van der Waals surface area contributed by atoms with E-state index in [4.69, 9.17) is 15.0 Å². The minimum atomic E-state index is -0.215. The fourth-order valence-electron chi connectivity index (χ4n) is 0.640. The Morgan fingerprint density at radius 3 is 2.75 bits per heavy atom. The Hall–Kier alpha value is -0.650. The van der Waals surface area contributed by atoms with Gasteiger partial charge in [0.25, 0.3) is 0 Å². The summed E-state index contributed by atoms with van der Waals surface area (Å²) < 4.78 is 9.61. The minimum absolute atomic E-state index is 0. The molecule has 0 amide bonds. The Kier molecular flexibility index (Phi) is 4.80. The van der Waals surface area contributed by atoms with Crippen molar-refractivity contribution >= 4 is 12.4 Å². The molecule has 12 heavy (non-hydrogen) atoms. The van der Waals surface area contributed by atoms with Crippen LogP contribution >= 0.6 is 12.4 Å². The molecule has 5 nitrogen and oxygen atoms in total. The molecule has 1 heterocycles. The molecule has 1 rings (SSSR count). The van der Waals surface area contributed by atoms with E-state index in [2.05, 4.69) is 10.1 Å². The highest BCUT2D eigenvalue weighted by atomic mass is 35.5. The maximum Gasteiger partial charge on any atom is 0.243 e. The number of rotatable bonds is 3. The van der Waals surface area contributed by atoms with Gasteiger partial charge in [0.15, 0.2) is 5.82 Å². The fourth-order valence-corrected chi connectivity index (χ4v) is 0.640. The average molecular weight is 194 g/mol. The summed E-state index contributed by atoms with van der Waals surface area (Å²) in [5, 5.41) is 3.64. The quantitative estimate of drug-likeness (QED) is 0.763. The second-order valence-electron chi connectivity index (χ2n) is 2.27. The normalized spacial score (nSPS) is 12.2. The minimum Gasteiger partial charge on any atom is -0.377 e. The van der Waals surface area contributed by atoms with Crippen molar-refractivity contribution in [3.63, 3.8) is 0 Å². The number of aromatic nitrogens is 2. The van der Waals surface area contributed by atoms with Crippen LogP contribution in [0.3, 0.4) is 0 Å². The van der Waals surface area contributed by atoms with Crippen molar-refractivity contribution < 1.29 is 9.26 Å². The van der Waals surface area contributed by atoms with Crippen molar-refractivity contribution in [2.45, 2.75) is 19.6 Å². The fraction of sp³-hybridized carbons (Fsp3) is 0.667. The van der Waals surface area contributed by atoms with E-state index < -0.39 is 0 Å². The summed E-state index contributed by atoms with van der Waals surface area (Å²) in [5.41, 5.74) is 5.49. The van der Waals surface area contributed by atoms with Gasteiger partial charge in [0, 0.05) is 7.11 Å². The van der Waals surface area contributed by atoms with Gasteiger partial charge in [-0.05, 0) is 6.92 Å². The lowest BCUT2D eigenvalue weighted by molar-refractivity contribution is 0.174. The van der Waals surface area contributed by atoms with Gasteiger partial charge in [0.05, 0.1) is 6.04 Å². The third kappa shape index (κ3) is 2.77. The highest BCUT2D eigenvalue weighted by Gasteiger charge is 2.08. The van der Waals surface area contributed by atoms with E-state index in [0.717, 1.165) is 0 Å². The molecule has 0 aromatic carbocycles. The highest BCUT2D eigenvalue weighted by molar-refractivity contribution is 5.85. The molecule has 2 N–H and O–H groups in total. The third-order valence-corrected chi connectivity index (χ3v) is 1.15. The molecule has 0 aliphatic carbocycles. The second-order valence-corrected chi connectivity index (χ2v) is 2.27. The molecule has 0 saturated carbocycles. The maximum atomic E-state index is 5.49. The molecule has 0 aliphatic heterocycles. The molecular weight excluding hydrogens is 182 g/mol. The number of nitrogens with zero attached hydrogens (tertiary/aromatic N) is 2. The number of methoxy groups -OCH3 is 1. The zero-order chi connectivity index (χ0) is 8.27. The van der Waals surface area contributed by atoms with Crippen LogP contribution in [-0.4, -0.2) is 17.3 Å². The molecule has 0 aliphatic rings. The predicted octanol–water partition coefficient (Wildman–Crippen LogP) is 0.657. The lowest BCUT2D eigenvalue weighted by atomic mass is 10.4. The van der Waals surface area contributed by atoms with Crippen LogP contribution in [0.5, 0.6) is 0 Å². The Labute approximate surface area is 76.7 Å². The molecule has 0 spiro atoms. The van der Waals surface area contributed by atoms with Gasteiger partial charge in [0.1, 0.15) is 6.61 Å². The molecule has 0 bridgehead atoms. The van der Waals surface area contributed by atoms with Crippen molar-refractivity contribution in [1.29, 1.82) is 0 Å². The van der Waals surface area contributed by atoms with Gasteiger partial charge in [-0.15, -0.1) is 12.4 Å². The predicted molar refractivity (Wildman–Crippen MR) is 44.9 cm³/mol. The van der Waals surface area contributed by atoms with Gasteiger partial charge in [-0.2, -0.15) is 4.98 Å². The molecule has 0 saturated heterocycles. The summed E-state index contributed by atoms with van der Waals surface area (Å²) in [5.74, 6) is 0.969. The van der Waals surface area contributed by atoms with Crippen LogP contribution in [0.15, 0.2) is 4.52 Å². The first-order valence-corrected chi connectivity index (χ1v) is 3.31. The zero-order valence-electron chi connectivity index (χ0n) is 6.98. The maximum absolute atomic E-state index is 5.49. The zero-order valence-corrected chi connectivity index (χ0v) is 7.80. The van der Waals surface area contributed by atoms with Crippen LogP contribution in [0, 0.1) is 0 Å². The first-order chi connectivity index (χ1) is 5.24. The number of nitrogens with two attached hydrogens (primary N) is 1. The monoisotopic (exact) mass is 193 g/mol. The van der Waals surface area contributed by atoms with Crippen LogP contribution in [0.2, 0.25) is 0 Å². The van der Waals surface area contributed by atoms with Gasteiger partial charge >= 0.3 is 0 Å². The highest BCUT2D eigenvalue weighted by Crippen LogP contribution is 2.05. The van der Waals surface area contributed by atoms with Crippen LogP contribution in [0.4, 0.5) is 0 Å². The van der Waals surface area contributed by atoms with E-state index in [1.165, 1.54) is 0 Å². The topological polar surface area (TPSA) is 74.2 Å². The largest absolute Gasteiger partial charge is 0.377 e. The molecule has 1 unspecified atom stereocenters. The van der Waals surface area contributed by atoms with Gasteiger partial charge in [-0.3, -0.25) is 0 Å². The standard InChI is InChI=1S/C6H11N3O2.ClH/c1-4(7)6-8-5(3-10-2)9-11-6;/h4H,3,7H2,1-2H3;1H. The number of ether oxygens (including phenoxy) is 1. The van der Waals surface area contributed by atoms with E-state index in [-0.39, 0.29) is 18.4 Å². The summed E-state index contributed by atoms with van der Waals surface area (Å²) >= 11 is 0. The molecule has 1 atom stereocenters. The van der Waals surface area contributed by atoms with Crippen molar-refractivity contribution in [3.05, 3.63) is 11.7 Å². The number of halogens is 1. The molecular formula is C6H12ClN3O2. The van der Waals surface area contributed by atoms with E-state index in [1.807, 2.05) is 0 Å². The van der Waals surface area contributed by atoms with Crippen LogP contribution in [-0.2, 0) is 11.3 Å². The molecule has 0 radical (unpaired) electrons. The van der Waals surface area contributed by atoms with E-state index in [0.29, 0.717) is 18.3 Å². The van der Waals surface area contributed by atoms with Crippen molar-refractivity contribution in [2.24, 2.45) is 5.73 Å². The Balaban J connectivity index is 0.00000121. The Bertz CT molecular complexity index is 226. The first kappa shape index (κ1) is 11.4. The molecule has 1 aromatic rings. The Morgan fingerprint density at radius 1 is 1.67 bits per heavy atom. The third-order valence-electron chi connectivity index (χ3n) is 1.15. The summed E-state index contributed by atoms with van der Waals surface area (Å²) in [7, 11) is 1.57. The summed E-state index contributed by atoms with van der Waals surface area (Å²) in [4.78, 5) is 3.97. The van der Waals surface area contributed by atoms with E-state index >= 15 is 0 Å². The summed E-state index contributed by atoms with van der Waals surface area (Å²) in [6, 6.07) is -0.215. The van der Waals surface area contributed by atoms with Gasteiger partial charge in [0.2, 0.25) is 5.89 Å². The van der Waals surface area contributed by atoms with Crippen LogP contribution < -0.4 is 5.73 Å². The second kappa shape index (κ2) is 5.08. The SMILES string of the molecule is COCc1noc(C(C)N)n1.Cl. The summed E-state index contributed by atoms with van der Waals surface area (Å²) in [6.07, 6.45) is 0. The molecule has 70 valence electrons. The smallest absolute Gasteiger partial charge is 0.243 e. The molecule has 6 heteroatoms. The Morgan fingerprint density at radius 2 is 2.33 bits per heavy atom. The average Bonchev–Trinajstić information content (AvgIpc) is 2.37. The van der Waals surface area contributed by atoms with Crippen molar-refractivity contribution in [1.82, 2.24) is 10.1 Å². The first-order valence-electron chi connectivity index (χ1n) is 3.31. The summed E-state index contributed by atoms with van der Waals surface area (Å²) in [6.45, 7) is 2.14. The number of hydrogen-bond acceptors (Lipinski definition) is 5. The van der Waals surface area contributed by atoms with Gasteiger partial charge in [-0.1, -0.05) is 5.16 Å². The van der Waals surface area contributed by atoms with Crippen LogP contribution in [0.1, 0.15) is 24.7 Å². The van der Waals surface area contributed by atoms with E-state index in [1.54, 1.807) is 14.0 Å². The van der Waals surface area contributed by atoms with Gasteiger partial charge in [-0.25, -0.2) is 0 Å². The molecule has 0 fully saturated rings. The van der Waals surface area contributed by atoms with Crippen molar-refractivity contribution in [3.8, 4) is 0 Å². The lowest BCUT2D eigenvalue weighted by Crippen LogP contribution is -2.05. The van der Waals surface area contributed by atoms with Crippen LogP contribution in [0.25, 0.3) is 0 Å².